The lowest BCUT2D eigenvalue weighted by Crippen LogP contribution is -2.47. The van der Waals surface area contributed by atoms with Crippen molar-refractivity contribution in [2.45, 2.75) is 31.1 Å². The number of alkyl halides is 3. The van der Waals surface area contributed by atoms with Gasteiger partial charge in [0.15, 0.2) is 0 Å². The van der Waals surface area contributed by atoms with E-state index in [9.17, 15) is 27.6 Å². The van der Waals surface area contributed by atoms with Crippen LogP contribution >= 0.6 is 11.6 Å². The molecule has 1 heterocycles. The van der Waals surface area contributed by atoms with Crippen LogP contribution in [-0.4, -0.2) is 35.8 Å². The van der Waals surface area contributed by atoms with Gasteiger partial charge in [0, 0.05) is 17.5 Å². The van der Waals surface area contributed by atoms with Crippen LogP contribution in [0.25, 0.3) is 0 Å². The van der Waals surface area contributed by atoms with Gasteiger partial charge in [-0.2, -0.15) is 13.2 Å². The van der Waals surface area contributed by atoms with Crippen molar-refractivity contribution in [1.82, 2.24) is 5.32 Å². The van der Waals surface area contributed by atoms with Gasteiger partial charge >= 0.3 is 6.18 Å². The molecule has 0 aliphatic carbocycles. The molecular formula is C28H24ClF3N4O3. The minimum atomic E-state index is -4.59. The second-order valence-corrected chi connectivity index (χ2v) is 9.36. The van der Waals surface area contributed by atoms with E-state index in [1.807, 2.05) is 0 Å². The van der Waals surface area contributed by atoms with E-state index in [1.54, 1.807) is 66.7 Å². The molecule has 39 heavy (non-hydrogen) atoms. The highest BCUT2D eigenvalue weighted by atomic mass is 35.5. The van der Waals surface area contributed by atoms with Gasteiger partial charge in [0.05, 0.1) is 28.3 Å². The summed E-state index contributed by atoms with van der Waals surface area (Å²) in [4.78, 5) is 43.7. The molecule has 3 amide bonds. The summed E-state index contributed by atoms with van der Waals surface area (Å²) in [5.74, 6) is -5.59. The molecule has 1 aliphatic rings. The number of benzodiazepines with no additional fused rings is 1. The van der Waals surface area contributed by atoms with E-state index in [1.165, 1.54) is 12.1 Å². The molecule has 1 aliphatic heterocycles. The summed E-state index contributed by atoms with van der Waals surface area (Å²) in [5.41, 5.74) is 7.58. The number of para-hydroxylation sites is 1. The number of rotatable bonds is 8. The Labute approximate surface area is 227 Å². The van der Waals surface area contributed by atoms with Gasteiger partial charge in [0.2, 0.25) is 18.0 Å². The number of nitrogens with zero attached hydrogens (tertiary/aromatic N) is 1. The summed E-state index contributed by atoms with van der Waals surface area (Å²) in [6.07, 6.45) is -8.19. The molecule has 7 nitrogen and oxygen atoms in total. The highest BCUT2D eigenvalue weighted by Crippen LogP contribution is 2.34. The summed E-state index contributed by atoms with van der Waals surface area (Å²) in [6, 6.07) is 21.6. The van der Waals surface area contributed by atoms with Crippen molar-refractivity contribution in [3.63, 3.8) is 0 Å². The molecule has 202 valence electrons. The van der Waals surface area contributed by atoms with Gasteiger partial charge in [-0.3, -0.25) is 14.4 Å². The number of aliphatic imine (C=N–C) groups is 1. The topological polar surface area (TPSA) is 114 Å². The van der Waals surface area contributed by atoms with Crippen LogP contribution in [0.15, 0.2) is 83.9 Å². The van der Waals surface area contributed by atoms with Crippen LogP contribution in [0.4, 0.5) is 18.9 Å². The number of fused-ring (bicyclic) bond motifs is 1. The van der Waals surface area contributed by atoms with Crippen molar-refractivity contribution in [3.8, 4) is 0 Å². The molecule has 0 radical (unpaired) electrons. The quantitative estimate of drug-likeness (QED) is 0.370. The Kier molecular flexibility index (Phi) is 8.35. The molecule has 11 heteroatoms. The minimum absolute atomic E-state index is 0.234. The maximum Gasteiger partial charge on any atom is 0.389 e. The van der Waals surface area contributed by atoms with E-state index in [0.717, 1.165) is 0 Å². The lowest BCUT2D eigenvalue weighted by atomic mass is 9.81. The number of carbonyl (C=O) groups is 3. The molecule has 0 saturated heterocycles. The maximum absolute atomic E-state index is 13.5. The van der Waals surface area contributed by atoms with Gasteiger partial charge in [0.25, 0.3) is 5.91 Å². The van der Waals surface area contributed by atoms with Gasteiger partial charge in [-0.25, -0.2) is 4.99 Å². The van der Waals surface area contributed by atoms with Gasteiger partial charge < -0.3 is 16.4 Å². The fourth-order valence-corrected chi connectivity index (χ4v) is 4.71. The molecule has 0 aromatic heterocycles. The fourth-order valence-electron chi connectivity index (χ4n) is 4.49. The monoisotopic (exact) mass is 556 g/mol. The van der Waals surface area contributed by atoms with Crippen molar-refractivity contribution in [3.05, 3.63) is 101 Å². The zero-order chi connectivity index (χ0) is 28.2. The summed E-state index contributed by atoms with van der Waals surface area (Å²) in [7, 11) is 0. The van der Waals surface area contributed by atoms with Gasteiger partial charge in [0.1, 0.15) is 0 Å². The fraction of sp³-hybridized carbons (Fsp3) is 0.214. The third-order valence-corrected chi connectivity index (χ3v) is 6.61. The number of nitrogens with two attached hydrogens (primary N) is 1. The van der Waals surface area contributed by atoms with Gasteiger partial charge in [-0.05, 0) is 18.1 Å². The van der Waals surface area contributed by atoms with Crippen LogP contribution < -0.4 is 16.4 Å². The van der Waals surface area contributed by atoms with E-state index in [0.29, 0.717) is 16.8 Å². The first kappa shape index (κ1) is 27.8. The number of benzene rings is 3. The number of nitrogens with one attached hydrogen (secondary N) is 2. The maximum atomic E-state index is 13.5. The van der Waals surface area contributed by atoms with Crippen LogP contribution in [0, 0.1) is 5.92 Å². The van der Waals surface area contributed by atoms with E-state index in [-0.39, 0.29) is 16.3 Å². The Morgan fingerprint density at radius 1 is 1.00 bits per heavy atom. The standard InChI is InChI=1S/C28H24ClF3N4O3/c29-20-13-7-12-19-22(17-10-5-2-6-11-17)34-25(27(39)35-23(19)20)36-26(38)18(14-15-28(30,31)32)21(24(33)37)16-8-3-1-4-9-16/h1-13,18,21,25H,14-15H2,(H2,33,37)(H,35,39)(H,36,38)/t18-,21+,25-/m1/s1. The number of anilines is 1. The second kappa shape index (κ2) is 11.7. The van der Waals surface area contributed by atoms with Crippen LogP contribution in [0.1, 0.15) is 35.4 Å². The number of halogens is 4. The number of primary amides is 1. The highest BCUT2D eigenvalue weighted by Gasteiger charge is 2.39. The zero-order valence-electron chi connectivity index (χ0n) is 20.4. The zero-order valence-corrected chi connectivity index (χ0v) is 21.2. The number of hydrogen-bond donors (Lipinski definition) is 3. The molecule has 0 spiro atoms. The van der Waals surface area contributed by atoms with E-state index in [4.69, 9.17) is 17.3 Å². The summed E-state index contributed by atoms with van der Waals surface area (Å²) in [5, 5.41) is 5.33. The van der Waals surface area contributed by atoms with Crippen LogP contribution in [0.2, 0.25) is 5.02 Å². The van der Waals surface area contributed by atoms with E-state index < -0.39 is 54.7 Å². The number of hydrogen-bond acceptors (Lipinski definition) is 4. The van der Waals surface area contributed by atoms with Crippen LogP contribution in [-0.2, 0) is 14.4 Å². The molecule has 3 aromatic rings. The SMILES string of the molecule is NC(=O)[C@@H](c1ccccc1)[C@@H](CCC(F)(F)F)C(=O)N[C@H]1N=C(c2ccccc2)c2cccc(Cl)c2NC1=O. The molecule has 0 bridgehead atoms. The number of carbonyl (C=O) groups excluding carboxylic acids is 3. The molecule has 4 N–H and O–H groups in total. The van der Waals surface area contributed by atoms with Crippen molar-refractivity contribution in [2.24, 2.45) is 16.6 Å². The molecule has 3 atom stereocenters. The Morgan fingerprint density at radius 2 is 1.64 bits per heavy atom. The van der Waals surface area contributed by atoms with Crippen molar-refractivity contribution in [1.29, 1.82) is 0 Å². The Balaban J connectivity index is 1.73. The van der Waals surface area contributed by atoms with E-state index in [2.05, 4.69) is 15.6 Å². The first-order chi connectivity index (χ1) is 18.5. The number of amides is 3. The average Bonchev–Trinajstić information content (AvgIpc) is 3.04. The van der Waals surface area contributed by atoms with Crippen LogP contribution in [0.5, 0.6) is 0 Å². The average molecular weight is 557 g/mol. The second-order valence-electron chi connectivity index (χ2n) is 8.96. The lowest BCUT2D eigenvalue weighted by Gasteiger charge is -2.26. The first-order valence-corrected chi connectivity index (χ1v) is 12.4. The van der Waals surface area contributed by atoms with E-state index >= 15 is 0 Å². The predicted octanol–water partition coefficient (Wildman–Crippen LogP) is 4.80. The van der Waals surface area contributed by atoms with Gasteiger partial charge in [-0.1, -0.05) is 84.4 Å². The van der Waals surface area contributed by atoms with Crippen molar-refractivity contribution in [2.75, 3.05) is 5.32 Å². The normalized spacial score (nSPS) is 16.7. The Bertz CT molecular complexity index is 1400. The minimum Gasteiger partial charge on any atom is -0.369 e. The molecule has 3 aromatic carbocycles. The van der Waals surface area contributed by atoms with Crippen molar-refractivity contribution < 1.29 is 27.6 Å². The Hall–Kier alpha value is -4.18. The predicted molar refractivity (Wildman–Crippen MR) is 141 cm³/mol. The molecule has 0 unspecified atom stereocenters. The molecule has 4 rings (SSSR count). The van der Waals surface area contributed by atoms with Gasteiger partial charge in [-0.15, -0.1) is 0 Å². The first-order valence-electron chi connectivity index (χ1n) is 12.0. The summed E-state index contributed by atoms with van der Waals surface area (Å²) >= 11 is 6.35. The third kappa shape index (κ3) is 6.64. The highest BCUT2D eigenvalue weighted by molar-refractivity contribution is 6.36. The Morgan fingerprint density at radius 3 is 2.26 bits per heavy atom. The largest absolute Gasteiger partial charge is 0.389 e. The van der Waals surface area contributed by atoms with Crippen LogP contribution in [0.3, 0.4) is 0 Å². The summed E-state index contributed by atoms with van der Waals surface area (Å²) in [6.45, 7) is 0. The van der Waals surface area contributed by atoms with Crippen molar-refractivity contribution >= 4 is 40.7 Å². The molecular weight excluding hydrogens is 533 g/mol. The smallest absolute Gasteiger partial charge is 0.369 e. The third-order valence-electron chi connectivity index (χ3n) is 6.29. The lowest BCUT2D eigenvalue weighted by molar-refractivity contribution is -0.144. The summed E-state index contributed by atoms with van der Waals surface area (Å²) < 4.78 is 39.6. The molecule has 0 fully saturated rings. The molecule has 0 saturated carbocycles.